The number of hydrogen-bond donors (Lipinski definition) is 2. The zero-order chi connectivity index (χ0) is 9.84. The third-order valence-electron chi connectivity index (χ3n) is 1.50. The van der Waals surface area contributed by atoms with Crippen molar-refractivity contribution in [1.29, 1.82) is 0 Å². The molecule has 2 N–H and O–H groups in total. The van der Waals surface area contributed by atoms with Gasteiger partial charge in [0.25, 0.3) is 5.91 Å². The molecule has 1 aromatic heterocycles. The predicted molar refractivity (Wildman–Crippen MR) is 45.3 cm³/mol. The van der Waals surface area contributed by atoms with Crippen LogP contribution in [0.3, 0.4) is 0 Å². The van der Waals surface area contributed by atoms with Crippen molar-refractivity contribution in [3.63, 3.8) is 0 Å². The fraction of sp³-hybridized carbons (Fsp3) is 0.500. The Kier molecular flexibility index (Phi) is 3.02. The Bertz CT molecular complexity index is 295. The first kappa shape index (κ1) is 9.73. The number of hydrogen-bond acceptors (Lipinski definition) is 4. The van der Waals surface area contributed by atoms with Crippen LogP contribution in [-0.4, -0.2) is 28.8 Å². The molecule has 0 aliphatic rings. The zero-order valence-electron chi connectivity index (χ0n) is 7.57. The van der Waals surface area contributed by atoms with E-state index in [4.69, 9.17) is 9.63 Å². The number of carbonyl (C=O) groups is 1. The Labute approximate surface area is 75.7 Å². The summed E-state index contributed by atoms with van der Waals surface area (Å²) in [6, 6.07) is 1.26. The van der Waals surface area contributed by atoms with E-state index in [2.05, 4.69) is 10.5 Å². The molecule has 1 atom stereocenters. The lowest BCUT2D eigenvalue weighted by Gasteiger charge is -2.07. The number of rotatable bonds is 3. The van der Waals surface area contributed by atoms with Gasteiger partial charge in [0, 0.05) is 12.1 Å². The number of nitrogens with zero attached hydrogens (tertiary/aromatic N) is 1. The van der Waals surface area contributed by atoms with Gasteiger partial charge in [-0.05, 0) is 13.8 Å². The summed E-state index contributed by atoms with van der Waals surface area (Å²) in [4.78, 5) is 11.3. The summed E-state index contributed by atoms with van der Waals surface area (Å²) in [5, 5.41) is 14.8. The van der Waals surface area contributed by atoms with E-state index >= 15 is 0 Å². The zero-order valence-corrected chi connectivity index (χ0v) is 7.57. The first-order valence-corrected chi connectivity index (χ1v) is 3.98. The summed E-state index contributed by atoms with van der Waals surface area (Å²) >= 11 is 0. The van der Waals surface area contributed by atoms with E-state index in [1.54, 1.807) is 19.9 Å². The highest BCUT2D eigenvalue weighted by atomic mass is 16.5. The number of amides is 1. The highest BCUT2D eigenvalue weighted by Crippen LogP contribution is 2.01. The lowest BCUT2D eigenvalue weighted by Crippen LogP contribution is -2.34. The fourth-order valence-corrected chi connectivity index (χ4v) is 0.811. The Hall–Kier alpha value is -1.36. The molecule has 0 bridgehead atoms. The van der Waals surface area contributed by atoms with E-state index < -0.39 is 0 Å². The van der Waals surface area contributed by atoms with Gasteiger partial charge in [0.1, 0.15) is 0 Å². The molecule has 0 aromatic carbocycles. The van der Waals surface area contributed by atoms with Gasteiger partial charge >= 0.3 is 0 Å². The molecule has 1 heterocycles. The molecule has 5 nitrogen and oxygen atoms in total. The van der Waals surface area contributed by atoms with E-state index in [1.165, 1.54) is 0 Å². The minimum atomic E-state index is -0.359. The number of aryl methyl sites for hydroxylation is 1. The Balaban J connectivity index is 2.58. The summed E-state index contributed by atoms with van der Waals surface area (Å²) in [6.07, 6.45) is 0. The van der Waals surface area contributed by atoms with Gasteiger partial charge in [-0.1, -0.05) is 5.16 Å². The number of carbonyl (C=O) groups excluding carboxylic acids is 1. The fourth-order valence-electron chi connectivity index (χ4n) is 0.811. The van der Waals surface area contributed by atoms with Crippen LogP contribution in [0.4, 0.5) is 0 Å². The third-order valence-corrected chi connectivity index (χ3v) is 1.50. The molecule has 0 aliphatic heterocycles. The lowest BCUT2D eigenvalue weighted by molar-refractivity contribution is 0.0885. The summed E-state index contributed by atoms with van der Waals surface area (Å²) in [5.41, 5.74) is 0.654. The molecule has 1 aromatic rings. The topological polar surface area (TPSA) is 75.4 Å². The SMILES string of the molecule is Cc1cc(C(=O)NC(C)CO)on1. The Morgan fingerprint density at radius 1 is 1.85 bits per heavy atom. The van der Waals surface area contributed by atoms with E-state index in [0.29, 0.717) is 5.69 Å². The van der Waals surface area contributed by atoms with Crippen LogP contribution in [0.1, 0.15) is 23.2 Å². The van der Waals surface area contributed by atoms with E-state index in [0.717, 1.165) is 0 Å². The molecule has 0 radical (unpaired) electrons. The minimum Gasteiger partial charge on any atom is -0.394 e. The number of aromatic nitrogens is 1. The maximum Gasteiger partial charge on any atom is 0.290 e. The van der Waals surface area contributed by atoms with Gasteiger partial charge < -0.3 is 14.9 Å². The average molecular weight is 184 g/mol. The maximum absolute atomic E-state index is 11.3. The van der Waals surface area contributed by atoms with Crippen LogP contribution in [0.2, 0.25) is 0 Å². The van der Waals surface area contributed by atoms with Crippen molar-refractivity contribution in [1.82, 2.24) is 10.5 Å². The smallest absolute Gasteiger partial charge is 0.290 e. The Morgan fingerprint density at radius 3 is 3.00 bits per heavy atom. The molecule has 1 amide bonds. The molecule has 0 saturated heterocycles. The number of nitrogens with one attached hydrogen (secondary N) is 1. The summed E-state index contributed by atoms with van der Waals surface area (Å²) in [5.74, 6) is -0.194. The second-order valence-corrected chi connectivity index (χ2v) is 2.89. The standard InChI is InChI=1S/C8H12N2O3/c1-5-3-7(13-10-5)8(12)9-6(2)4-11/h3,6,11H,4H2,1-2H3,(H,9,12). The summed E-state index contributed by atoms with van der Waals surface area (Å²) in [6.45, 7) is 3.33. The average Bonchev–Trinajstić information content (AvgIpc) is 2.51. The number of aliphatic hydroxyl groups excluding tert-OH is 1. The maximum atomic E-state index is 11.3. The summed E-state index contributed by atoms with van der Waals surface area (Å²) < 4.78 is 4.73. The van der Waals surface area contributed by atoms with Crippen LogP contribution >= 0.6 is 0 Å². The van der Waals surface area contributed by atoms with Crippen LogP contribution < -0.4 is 5.32 Å². The molecular formula is C8H12N2O3. The van der Waals surface area contributed by atoms with Gasteiger partial charge in [0.05, 0.1) is 12.3 Å². The van der Waals surface area contributed by atoms with Crippen LogP contribution in [0.25, 0.3) is 0 Å². The van der Waals surface area contributed by atoms with Gasteiger partial charge in [-0.15, -0.1) is 0 Å². The van der Waals surface area contributed by atoms with Gasteiger partial charge in [0.2, 0.25) is 5.76 Å². The van der Waals surface area contributed by atoms with Crippen molar-refractivity contribution < 1.29 is 14.4 Å². The predicted octanol–water partition coefficient (Wildman–Crippen LogP) is 0.0936. The Morgan fingerprint density at radius 2 is 2.54 bits per heavy atom. The normalized spacial score (nSPS) is 12.5. The lowest BCUT2D eigenvalue weighted by atomic mass is 10.3. The number of aliphatic hydroxyl groups is 1. The second-order valence-electron chi connectivity index (χ2n) is 2.89. The molecule has 72 valence electrons. The van der Waals surface area contributed by atoms with Crippen LogP contribution in [0, 0.1) is 6.92 Å². The molecule has 13 heavy (non-hydrogen) atoms. The quantitative estimate of drug-likeness (QED) is 0.698. The van der Waals surface area contributed by atoms with Gasteiger partial charge in [0.15, 0.2) is 0 Å². The first-order chi connectivity index (χ1) is 6.13. The van der Waals surface area contributed by atoms with Gasteiger partial charge in [-0.3, -0.25) is 4.79 Å². The van der Waals surface area contributed by atoms with Crippen molar-refractivity contribution in [2.45, 2.75) is 19.9 Å². The van der Waals surface area contributed by atoms with E-state index in [-0.39, 0.29) is 24.3 Å². The van der Waals surface area contributed by atoms with Crippen LogP contribution in [-0.2, 0) is 0 Å². The van der Waals surface area contributed by atoms with E-state index in [1.807, 2.05) is 0 Å². The third kappa shape index (κ3) is 2.55. The van der Waals surface area contributed by atoms with Crippen molar-refractivity contribution in [2.24, 2.45) is 0 Å². The minimum absolute atomic E-state index is 0.0984. The largest absolute Gasteiger partial charge is 0.394 e. The van der Waals surface area contributed by atoms with Gasteiger partial charge in [-0.2, -0.15) is 0 Å². The first-order valence-electron chi connectivity index (χ1n) is 3.98. The van der Waals surface area contributed by atoms with Gasteiger partial charge in [-0.25, -0.2) is 0 Å². The van der Waals surface area contributed by atoms with Crippen molar-refractivity contribution in [2.75, 3.05) is 6.61 Å². The highest BCUT2D eigenvalue weighted by Gasteiger charge is 2.13. The van der Waals surface area contributed by atoms with Crippen molar-refractivity contribution in [3.05, 3.63) is 17.5 Å². The molecule has 0 spiro atoms. The molecule has 0 saturated carbocycles. The van der Waals surface area contributed by atoms with E-state index in [9.17, 15) is 4.79 Å². The van der Waals surface area contributed by atoms with Crippen LogP contribution in [0.15, 0.2) is 10.6 Å². The molecule has 0 aliphatic carbocycles. The molecule has 5 heteroatoms. The van der Waals surface area contributed by atoms with Crippen molar-refractivity contribution >= 4 is 5.91 Å². The molecule has 1 rings (SSSR count). The highest BCUT2D eigenvalue weighted by molar-refractivity contribution is 5.91. The molecule has 0 fully saturated rings. The van der Waals surface area contributed by atoms with Crippen LogP contribution in [0.5, 0.6) is 0 Å². The summed E-state index contributed by atoms with van der Waals surface area (Å²) in [7, 11) is 0. The molecule has 1 unspecified atom stereocenters. The second kappa shape index (κ2) is 4.04. The van der Waals surface area contributed by atoms with Crippen molar-refractivity contribution in [3.8, 4) is 0 Å². The molecular weight excluding hydrogens is 172 g/mol. The monoisotopic (exact) mass is 184 g/mol.